The third-order valence-corrected chi connectivity index (χ3v) is 3.29. The van der Waals surface area contributed by atoms with Crippen molar-refractivity contribution in [2.45, 2.75) is 13.0 Å². The summed E-state index contributed by atoms with van der Waals surface area (Å²) in [6, 6.07) is 9.36. The number of carbonyl (C=O) groups excluding carboxylic acids is 1. The van der Waals surface area contributed by atoms with Gasteiger partial charge in [0.2, 0.25) is 5.91 Å². The fourth-order valence-corrected chi connectivity index (χ4v) is 2.07. The highest BCUT2D eigenvalue weighted by atomic mass is 19.2. The molecule has 2 rings (SSSR count). The van der Waals surface area contributed by atoms with Gasteiger partial charge >= 0.3 is 0 Å². The number of amides is 1. The molecule has 122 valence electrons. The van der Waals surface area contributed by atoms with Crippen molar-refractivity contribution in [2.24, 2.45) is 0 Å². The van der Waals surface area contributed by atoms with E-state index in [-0.39, 0.29) is 23.8 Å². The summed E-state index contributed by atoms with van der Waals surface area (Å²) in [6.45, 7) is 1.06. The average Bonchev–Trinajstić information content (AvgIpc) is 2.51. The van der Waals surface area contributed by atoms with E-state index in [2.05, 4.69) is 5.32 Å². The maximum atomic E-state index is 13.1. The average molecular weight is 322 g/mol. The Morgan fingerprint density at radius 3 is 2.39 bits per heavy atom. The summed E-state index contributed by atoms with van der Waals surface area (Å²) in [6.07, 6.45) is 0.205. The summed E-state index contributed by atoms with van der Waals surface area (Å²) in [5.41, 5.74) is 1.16. The van der Waals surface area contributed by atoms with Crippen molar-refractivity contribution in [1.29, 1.82) is 0 Å². The number of hydrogen-bond donors (Lipinski definition) is 1. The van der Waals surface area contributed by atoms with Crippen LogP contribution < -0.4 is 5.32 Å². The van der Waals surface area contributed by atoms with Crippen LogP contribution in [-0.2, 0) is 11.3 Å². The van der Waals surface area contributed by atoms with Gasteiger partial charge in [-0.15, -0.1) is 0 Å². The van der Waals surface area contributed by atoms with Crippen molar-refractivity contribution < 1.29 is 18.0 Å². The van der Waals surface area contributed by atoms with Gasteiger partial charge in [-0.05, 0) is 36.9 Å². The van der Waals surface area contributed by atoms with Gasteiger partial charge in [0, 0.05) is 31.3 Å². The minimum Gasteiger partial charge on any atom is -0.326 e. The fourth-order valence-electron chi connectivity index (χ4n) is 2.07. The molecule has 0 radical (unpaired) electrons. The minimum absolute atomic E-state index is 0.205. The molecule has 0 aromatic heterocycles. The molecule has 0 aliphatic carbocycles. The minimum atomic E-state index is -1.00. The quantitative estimate of drug-likeness (QED) is 0.882. The number of rotatable bonds is 6. The normalized spacial score (nSPS) is 10.8. The van der Waals surface area contributed by atoms with Crippen LogP contribution in [0.2, 0.25) is 0 Å². The van der Waals surface area contributed by atoms with Crippen LogP contribution in [0.4, 0.5) is 18.9 Å². The highest BCUT2D eigenvalue weighted by Gasteiger charge is 2.08. The number of benzene rings is 2. The van der Waals surface area contributed by atoms with E-state index in [0.717, 1.165) is 17.7 Å². The maximum Gasteiger partial charge on any atom is 0.225 e. The van der Waals surface area contributed by atoms with Crippen LogP contribution in [0, 0.1) is 17.5 Å². The predicted molar refractivity (Wildman–Crippen MR) is 82.3 cm³/mol. The second-order valence-corrected chi connectivity index (χ2v) is 5.29. The Balaban J connectivity index is 1.79. The van der Waals surface area contributed by atoms with Crippen LogP contribution in [-0.4, -0.2) is 24.4 Å². The summed E-state index contributed by atoms with van der Waals surface area (Å²) < 4.78 is 38.7. The Morgan fingerprint density at radius 2 is 1.74 bits per heavy atom. The molecule has 0 unspecified atom stereocenters. The van der Waals surface area contributed by atoms with E-state index in [9.17, 15) is 18.0 Å². The Bertz CT molecular complexity index is 674. The van der Waals surface area contributed by atoms with E-state index < -0.39 is 11.6 Å². The van der Waals surface area contributed by atoms with Gasteiger partial charge in [-0.1, -0.05) is 12.1 Å². The molecule has 2 aromatic rings. The Kier molecular flexibility index (Phi) is 5.76. The molecule has 0 saturated carbocycles. The molecule has 0 spiro atoms. The molecular weight excluding hydrogens is 305 g/mol. The van der Waals surface area contributed by atoms with E-state index in [0.29, 0.717) is 13.1 Å². The predicted octanol–water partition coefficient (Wildman–Crippen LogP) is 3.56. The van der Waals surface area contributed by atoms with Gasteiger partial charge in [-0.3, -0.25) is 4.79 Å². The van der Waals surface area contributed by atoms with Crippen molar-refractivity contribution in [3.8, 4) is 0 Å². The lowest BCUT2D eigenvalue weighted by atomic mass is 10.2. The van der Waals surface area contributed by atoms with E-state index in [1.54, 1.807) is 12.1 Å². The highest BCUT2D eigenvalue weighted by molar-refractivity contribution is 5.90. The highest BCUT2D eigenvalue weighted by Crippen LogP contribution is 2.13. The van der Waals surface area contributed by atoms with Crippen LogP contribution in [0.3, 0.4) is 0 Å². The SMILES string of the molecule is CN(CCC(=O)Nc1ccc(F)c(F)c1)Cc1ccc(F)cc1. The lowest BCUT2D eigenvalue weighted by Gasteiger charge is -2.16. The Labute approximate surface area is 132 Å². The van der Waals surface area contributed by atoms with Crippen molar-refractivity contribution in [3.63, 3.8) is 0 Å². The van der Waals surface area contributed by atoms with E-state index in [4.69, 9.17) is 0 Å². The van der Waals surface area contributed by atoms with E-state index >= 15 is 0 Å². The Hall–Kier alpha value is -2.34. The molecule has 0 atom stereocenters. The number of nitrogens with one attached hydrogen (secondary N) is 1. The van der Waals surface area contributed by atoms with Gasteiger partial charge in [-0.2, -0.15) is 0 Å². The zero-order chi connectivity index (χ0) is 16.8. The molecule has 0 aliphatic heterocycles. The van der Waals surface area contributed by atoms with Gasteiger partial charge in [0.05, 0.1) is 0 Å². The van der Waals surface area contributed by atoms with Gasteiger partial charge in [0.1, 0.15) is 5.82 Å². The first-order valence-corrected chi connectivity index (χ1v) is 7.12. The number of carbonyl (C=O) groups is 1. The smallest absolute Gasteiger partial charge is 0.225 e. The lowest BCUT2D eigenvalue weighted by molar-refractivity contribution is -0.116. The summed E-state index contributed by atoms with van der Waals surface area (Å²) in [7, 11) is 1.84. The molecule has 0 heterocycles. The number of anilines is 1. The number of hydrogen-bond acceptors (Lipinski definition) is 2. The number of halogens is 3. The summed E-state index contributed by atoms with van der Waals surface area (Å²) in [4.78, 5) is 13.7. The summed E-state index contributed by atoms with van der Waals surface area (Å²) in [5, 5.41) is 2.51. The first-order chi connectivity index (χ1) is 10.9. The molecule has 0 saturated heterocycles. The second kappa shape index (κ2) is 7.78. The van der Waals surface area contributed by atoms with Gasteiger partial charge < -0.3 is 10.2 Å². The molecule has 1 N–H and O–H groups in total. The largest absolute Gasteiger partial charge is 0.326 e. The van der Waals surface area contributed by atoms with Gasteiger partial charge in [0.15, 0.2) is 11.6 Å². The lowest BCUT2D eigenvalue weighted by Crippen LogP contribution is -2.24. The topological polar surface area (TPSA) is 32.3 Å². The van der Waals surface area contributed by atoms with Gasteiger partial charge in [0.25, 0.3) is 0 Å². The molecule has 0 aliphatic rings. The van der Waals surface area contributed by atoms with E-state index in [1.165, 1.54) is 18.2 Å². The van der Waals surface area contributed by atoms with Crippen LogP contribution in [0.1, 0.15) is 12.0 Å². The van der Waals surface area contributed by atoms with Crippen molar-refractivity contribution in [2.75, 3.05) is 18.9 Å². The van der Waals surface area contributed by atoms with Crippen LogP contribution in [0.5, 0.6) is 0 Å². The Morgan fingerprint density at radius 1 is 1.04 bits per heavy atom. The number of nitrogens with zero attached hydrogens (tertiary/aromatic N) is 1. The zero-order valence-electron chi connectivity index (χ0n) is 12.7. The molecule has 6 heteroatoms. The van der Waals surface area contributed by atoms with Crippen LogP contribution in [0.25, 0.3) is 0 Å². The first kappa shape index (κ1) is 17.0. The van der Waals surface area contributed by atoms with Crippen LogP contribution in [0.15, 0.2) is 42.5 Å². The molecule has 1 amide bonds. The third-order valence-electron chi connectivity index (χ3n) is 3.29. The second-order valence-electron chi connectivity index (χ2n) is 5.29. The molecule has 3 nitrogen and oxygen atoms in total. The monoisotopic (exact) mass is 322 g/mol. The molecule has 0 fully saturated rings. The molecule has 23 heavy (non-hydrogen) atoms. The molecule has 0 bridgehead atoms. The van der Waals surface area contributed by atoms with Crippen molar-refractivity contribution in [1.82, 2.24) is 4.90 Å². The summed E-state index contributed by atoms with van der Waals surface area (Å²) in [5.74, 6) is -2.54. The first-order valence-electron chi connectivity index (χ1n) is 7.12. The van der Waals surface area contributed by atoms with Gasteiger partial charge in [-0.25, -0.2) is 13.2 Å². The maximum absolute atomic E-state index is 13.1. The standard InChI is InChI=1S/C17H17F3N2O/c1-22(11-12-2-4-13(18)5-3-12)9-8-17(23)21-14-6-7-15(19)16(20)10-14/h2-7,10H,8-9,11H2,1H3,(H,21,23). The van der Waals surface area contributed by atoms with E-state index in [1.807, 2.05) is 11.9 Å². The third kappa shape index (κ3) is 5.41. The van der Waals surface area contributed by atoms with Crippen LogP contribution >= 0.6 is 0 Å². The zero-order valence-corrected chi connectivity index (χ0v) is 12.7. The molecular formula is C17H17F3N2O. The summed E-state index contributed by atoms with van der Waals surface area (Å²) >= 11 is 0. The fraction of sp³-hybridized carbons (Fsp3) is 0.235. The molecule has 2 aromatic carbocycles. The van der Waals surface area contributed by atoms with Crippen molar-refractivity contribution in [3.05, 3.63) is 65.5 Å². The van der Waals surface area contributed by atoms with Crippen molar-refractivity contribution >= 4 is 11.6 Å².